The Morgan fingerprint density at radius 2 is 2.19 bits per heavy atom. The van der Waals surface area contributed by atoms with Crippen LogP contribution in [-0.4, -0.2) is 48.6 Å². The van der Waals surface area contributed by atoms with E-state index in [0.717, 1.165) is 5.56 Å². The molecule has 1 aromatic rings. The molecular weight excluding hydrogens is 276 g/mol. The van der Waals surface area contributed by atoms with Gasteiger partial charge in [-0.05, 0) is 5.56 Å². The fourth-order valence-corrected chi connectivity index (χ4v) is 1.91. The van der Waals surface area contributed by atoms with Gasteiger partial charge < -0.3 is 20.0 Å². The van der Waals surface area contributed by atoms with E-state index in [2.05, 4.69) is 15.2 Å². The minimum atomic E-state index is -1.10. The first-order valence-electron chi connectivity index (χ1n) is 6.43. The molecule has 1 heterocycles. The van der Waals surface area contributed by atoms with Gasteiger partial charge in [0.05, 0.1) is 19.4 Å². The van der Waals surface area contributed by atoms with Gasteiger partial charge in [-0.1, -0.05) is 35.5 Å². The van der Waals surface area contributed by atoms with E-state index in [4.69, 9.17) is 9.94 Å². The van der Waals surface area contributed by atoms with Crippen molar-refractivity contribution >= 4 is 17.6 Å². The number of carbonyl (C=O) groups is 2. The monoisotopic (exact) mass is 292 g/mol. The molecule has 2 rings (SSSR count). The SMILES string of the molecule is COC(=O)C(CO)NC(=O)C1CC(c2ccccc2)=NO1. The van der Waals surface area contributed by atoms with Gasteiger partial charge in [-0.25, -0.2) is 4.79 Å². The van der Waals surface area contributed by atoms with E-state index < -0.39 is 30.6 Å². The lowest BCUT2D eigenvalue weighted by Crippen LogP contribution is -2.48. The topological polar surface area (TPSA) is 97.2 Å². The zero-order valence-electron chi connectivity index (χ0n) is 11.5. The molecule has 2 unspecified atom stereocenters. The van der Waals surface area contributed by atoms with Crippen molar-refractivity contribution in [2.24, 2.45) is 5.16 Å². The maximum atomic E-state index is 12.0. The van der Waals surface area contributed by atoms with Crippen molar-refractivity contribution in [3.05, 3.63) is 35.9 Å². The molecule has 0 radical (unpaired) electrons. The maximum absolute atomic E-state index is 12.0. The second kappa shape index (κ2) is 6.85. The molecule has 1 aliphatic rings. The summed E-state index contributed by atoms with van der Waals surface area (Å²) in [6.07, 6.45) is -0.520. The average molecular weight is 292 g/mol. The number of nitrogens with zero attached hydrogens (tertiary/aromatic N) is 1. The minimum absolute atomic E-state index is 0.301. The molecule has 21 heavy (non-hydrogen) atoms. The molecular formula is C14H16N2O5. The smallest absolute Gasteiger partial charge is 0.330 e. The van der Waals surface area contributed by atoms with Crippen LogP contribution in [0.1, 0.15) is 12.0 Å². The lowest BCUT2D eigenvalue weighted by atomic mass is 10.0. The van der Waals surface area contributed by atoms with Crippen molar-refractivity contribution in [3.63, 3.8) is 0 Å². The third kappa shape index (κ3) is 3.57. The summed E-state index contributed by atoms with van der Waals surface area (Å²) in [6, 6.07) is 8.24. The van der Waals surface area contributed by atoms with Crippen LogP contribution in [0.3, 0.4) is 0 Å². The lowest BCUT2D eigenvalue weighted by Gasteiger charge is -2.15. The molecule has 1 amide bonds. The van der Waals surface area contributed by atoms with E-state index in [9.17, 15) is 9.59 Å². The normalized spacial score (nSPS) is 18.4. The van der Waals surface area contributed by atoms with Crippen LogP contribution in [0.5, 0.6) is 0 Å². The van der Waals surface area contributed by atoms with Gasteiger partial charge in [-0.3, -0.25) is 4.79 Å². The van der Waals surface area contributed by atoms with Gasteiger partial charge in [0.25, 0.3) is 5.91 Å². The van der Waals surface area contributed by atoms with Crippen molar-refractivity contribution in [2.75, 3.05) is 13.7 Å². The third-order valence-corrected chi connectivity index (χ3v) is 3.05. The van der Waals surface area contributed by atoms with E-state index in [1.807, 2.05) is 30.3 Å². The standard InChI is InChI=1S/C14H16N2O5/c1-20-14(19)11(8-17)15-13(18)12-7-10(16-21-12)9-5-3-2-4-6-9/h2-6,11-12,17H,7-8H2,1H3,(H,15,18). The Morgan fingerprint density at radius 3 is 2.81 bits per heavy atom. The Morgan fingerprint density at radius 1 is 1.48 bits per heavy atom. The summed E-state index contributed by atoms with van der Waals surface area (Å²) in [4.78, 5) is 28.4. The Balaban J connectivity index is 1.93. The van der Waals surface area contributed by atoms with Crippen molar-refractivity contribution in [1.29, 1.82) is 0 Å². The van der Waals surface area contributed by atoms with Gasteiger partial charge in [0, 0.05) is 6.42 Å². The van der Waals surface area contributed by atoms with E-state index in [0.29, 0.717) is 12.1 Å². The summed E-state index contributed by atoms with van der Waals surface area (Å²) in [5.74, 6) is -1.23. The zero-order valence-corrected chi connectivity index (χ0v) is 11.5. The largest absolute Gasteiger partial charge is 0.467 e. The van der Waals surface area contributed by atoms with Crippen LogP contribution < -0.4 is 5.32 Å². The number of aliphatic hydroxyl groups excluding tert-OH is 1. The van der Waals surface area contributed by atoms with Crippen LogP contribution in [0.4, 0.5) is 0 Å². The molecule has 112 valence electrons. The molecule has 1 aliphatic heterocycles. The zero-order chi connectivity index (χ0) is 15.2. The number of benzene rings is 1. The number of ether oxygens (including phenoxy) is 1. The van der Waals surface area contributed by atoms with Crippen molar-refractivity contribution < 1.29 is 24.3 Å². The van der Waals surface area contributed by atoms with Gasteiger partial charge in [-0.2, -0.15) is 0 Å². The lowest BCUT2D eigenvalue weighted by molar-refractivity contribution is -0.147. The van der Waals surface area contributed by atoms with Gasteiger partial charge in [-0.15, -0.1) is 0 Å². The van der Waals surface area contributed by atoms with Crippen LogP contribution in [0.25, 0.3) is 0 Å². The highest BCUT2D eigenvalue weighted by Gasteiger charge is 2.31. The summed E-state index contributed by atoms with van der Waals surface area (Å²) >= 11 is 0. The quantitative estimate of drug-likeness (QED) is 0.734. The Hall–Kier alpha value is -2.41. The number of methoxy groups -OCH3 is 1. The highest BCUT2D eigenvalue weighted by molar-refractivity contribution is 6.04. The van der Waals surface area contributed by atoms with Crippen LogP contribution in [0.2, 0.25) is 0 Å². The number of carbonyl (C=O) groups excluding carboxylic acids is 2. The number of hydrogen-bond donors (Lipinski definition) is 2. The van der Waals surface area contributed by atoms with Gasteiger partial charge >= 0.3 is 5.97 Å². The summed E-state index contributed by atoms with van der Waals surface area (Å²) in [7, 11) is 1.18. The third-order valence-electron chi connectivity index (χ3n) is 3.05. The number of aliphatic hydroxyl groups is 1. The minimum Gasteiger partial charge on any atom is -0.467 e. The number of rotatable bonds is 5. The number of esters is 1. The molecule has 0 fully saturated rings. The number of nitrogens with one attached hydrogen (secondary N) is 1. The molecule has 0 saturated heterocycles. The molecule has 2 N–H and O–H groups in total. The van der Waals surface area contributed by atoms with Gasteiger partial charge in [0.2, 0.25) is 6.10 Å². The second-order valence-electron chi connectivity index (χ2n) is 4.47. The molecule has 2 atom stereocenters. The summed E-state index contributed by atoms with van der Waals surface area (Å²) < 4.78 is 4.47. The summed E-state index contributed by atoms with van der Waals surface area (Å²) in [5, 5.41) is 15.3. The van der Waals surface area contributed by atoms with E-state index in [1.54, 1.807) is 0 Å². The Kier molecular flexibility index (Phi) is 4.89. The first-order chi connectivity index (χ1) is 10.2. The van der Waals surface area contributed by atoms with E-state index in [1.165, 1.54) is 7.11 Å². The fraction of sp³-hybridized carbons (Fsp3) is 0.357. The molecule has 0 saturated carbocycles. The summed E-state index contributed by atoms with van der Waals surface area (Å²) in [5.41, 5.74) is 1.54. The van der Waals surface area contributed by atoms with Crippen molar-refractivity contribution in [3.8, 4) is 0 Å². The first-order valence-corrected chi connectivity index (χ1v) is 6.43. The van der Waals surface area contributed by atoms with Gasteiger partial charge in [0.15, 0.2) is 6.04 Å². The van der Waals surface area contributed by atoms with Crippen molar-refractivity contribution in [2.45, 2.75) is 18.6 Å². The maximum Gasteiger partial charge on any atom is 0.330 e. The summed E-state index contributed by atoms with van der Waals surface area (Å²) in [6.45, 7) is -0.544. The molecule has 1 aromatic carbocycles. The van der Waals surface area contributed by atoms with Crippen LogP contribution in [0.15, 0.2) is 35.5 Å². The Labute approximate surface area is 121 Å². The van der Waals surface area contributed by atoms with Crippen LogP contribution in [-0.2, 0) is 19.2 Å². The fourth-order valence-electron chi connectivity index (χ4n) is 1.91. The van der Waals surface area contributed by atoms with Gasteiger partial charge in [0.1, 0.15) is 0 Å². The molecule has 0 aliphatic carbocycles. The molecule has 0 aromatic heterocycles. The van der Waals surface area contributed by atoms with E-state index in [-0.39, 0.29) is 0 Å². The predicted molar refractivity (Wildman–Crippen MR) is 73.5 cm³/mol. The molecule has 0 spiro atoms. The predicted octanol–water partition coefficient (Wildman–Crippen LogP) is -0.170. The number of amides is 1. The van der Waals surface area contributed by atoms with Crippen molar-refractivity contribution in [1.82, 2.24) is 5.32 Å². The Bertz CT molecular complexity index is 544. The number of oxime groups is 1. The van der Waals surface area contributed by atoms with Crippen LogP contribution in [0, 0.1) is 0 Å². The van der Waals surface area contributed by atoms with Crippen LogP contribution >= 0.6 is 0 Å². The number of hydrogen-bond acceptors (Lipinski definition) is 6. The second-order valence-corrected chi connectivity index (χ2v) is 4.47. The molecule has 0 bridgehead atoms. The molecule has 7 heteroatoms. The average Bonchev–Trinajstić information content (AvgIpc) is 3.02. The first kappa shape index (κ1) is 15.0. The van der Waals surface area contributed by atoms with E-state index >= 15 is 0 Å². The molecule has 7 nitrogen and oxygen atoms in total. The highest BCUT2D eigenvalue weighted by Crippen LogP contribution is 2.16. The highest BCUT2D eigenvalue weighted by atomic mass is 16.6.